The molecule has 0 spiro atoms. The molecule has 1 unspecified atom stereocenters. The van der Waals surface area contributed by atoms with E-state index in [1.807, 2.05) is 46.2 Å². The fourth-order valence-corrected chi connectivity index (χ4v) is 4.54. The zero-order chi connectivity index (χ0) is 19.3. The Morgan fingerprint density at radius 1 is 0.750 bits per heavy atom. The van der Waals surface area contributed by atoms with Crippen LogP contribution in [0.5, 0.6) is 0 Å². The molecule has 0 N–H and O–H groups in total. The lowest BCUT2D eigenvalue weighted by Gasteiger charge is -2.38. The molecular formula is C24H28N2O2. The molecule has 2 aromatic rings. The van der Waals surface area contributed by atoms with Crippen LogP contribution >= 0.6 is 0 Å². The Kier molecular flexibility index (Phi) is 5.75. The predicted octanol–water partition coefficient (Wildman–Crippen LogP) is 3.95. The van der Waals surface area contributed by atoms with E-state index >= 15 is 0 Å². The van der Waals surface area contributed by atoms with Crippen LogP contribution in [0.25, 0.3) is 0 Å². The summed E-state index contributed by atoms with van der Waals surface area (Å²) in [6.07, 6.45) is 3.83. The summed E-state index contributed by atoms with van der Waals surface area (Å²) in [6.45, 7) is 2.93. The van der Waals surface area contributed by atoms with E-state index < -0.39 is 0 Å². The first-order valence-electron chi connectivity index (χ1n) is 10.4. The van der Waals surface area contributed by atoms with Crippen LogP contribution in [-0.4, -0.2) is 47.8 Å². The van der Waals surface area contributed by atoms with Gasteiger partial charge >= 0.3 is 0 Å². The monoisotopic (exact) mass is 376 g/mol. The highest BCUT2D eigenvalue weighted by Gasteiger charge is 2.33. The largest absolute Gasteiger partial charge is 0.342 e. The van der Waals surface area contributed by atoms with Gasteiger partial charge in [-0.05, 0) is 49.3 Å². The molecule has 28 heavy (non-hydrogen) atoms. The summed E-state index contributed by atoms with van der Waals surface area (Å²) in [6, 6.07) is 20.0. The summed E-state index contributed by atoms with van der Waals surface area (Å²) in [5, 5.41) is 0. The standard InChI is InChI=1S/C24H28N2O2/c27-23(21-10-5-2-6-11-21)26-15-7-12-22(18-26)24(28)25-16-13-20(14-17-25)19-8-3-1-4-9-19/h1-6,8-11,20,22H,7,12-18H2. The summed E-state index contributed by atoms with van der Waals surface area (Å²) in [5.74, 6) is 0.764. The van der Waals surface area contributed by atoms with Gasteiger partial charge in [-0.3, -0.25) is 9.59 Å². The van der Waals surface area contributed by atoms with Crippen LogP contribution in [0.15, 0.2) is 60.7 Å². The SMILES string of the molecule is O=C(c1ccccc1)N1CCCC(C(=O)N2CCC(c3ccccc3)CC2)C1. The summed E-state index contributed by atoms with van der Waals surface area (Å²) < 4.78 is 0. The number of piperidine rings is 2. The average Bonchev–Trinajstić information content (AvgIpc) is 2.79. The number of hydrogen-bond donors (Lipinski definition) is 0. The predicted molar refractivity (Wildman–Crippen MR) is 110 cm³/mol. The van der Waals surface area contributed by atoms with E-state index in [1.54, 1.807) is 0 Å². The molecule has 0 saturated carbocycles. The molecule has 2 heterocycles. The van der Waals surface area contributed by atoms with E-state index in [0.29, 0.717) is 18.0 Å². The van der Waals surface area contributed by atoms with Crippen LogP contribution in [-0.2, 0) is 4.79 Å². The first-order chi connectivity index (χ1) is 13.7. The first-order valence-corrected chi connectivity index (χ1v) is 10.4. The van der Waals surface area contributed by atoms with Crippen molar-refractivity contribution < 1.29 is 9.59 Å². The molecule has 2 aromatic carbocycles. The third-order valence-electron chi connectivity index (χ3n) is 6.16. The Labute approximate surface area is 167 Å². The van der Waals surface area contributed by atoms with Gasteiger partial charge in [-0.2, -0.15) is 0 Å². The van der Waals surface area contributed by atoms with Gasteiger partial charge in [-0.15, -0.1) is 0 Å². The van der Waals surface area contributed by atoms with Crippen molar-refractivity contribution in [3.8, 4) is 0 Å². The maximum absolute atomic E-state index is 13.1. The number of benzene rings is 2. The molecule has 2 aliphatic heterocycles. The lowest BCUT2D eigenvalue weighted by molar-refractivity contribution is -0.138. The summed E-state index contributed by atoms with van der Waals surface area (Å²) in [4.78, 5) is 29.7. The molecule has 0 aromatic heterocycles. The van der Waals surface area contributed by atoms with Crippen molar-refractivity contribution >= 4 is 11.8 Å². The maximum atomic E-state index is 13.1. The quantitative estimate of drug-likeness (QED) is 0.814. The summed E-state index contributed by atoms with van der Waals surface area (Å²) in [5.41, 5.74) is 2.09. The number of amides is 2. The van der Waals surface area contributed by atoms with Crippen LogP contribution in [0.2, 0.25) is 0 Å². The number of likely N-dealkylation sites (tertiary alicyclic amines) is 2. The molecule has 0 aliphatic carbocycles. The molecule has 2 fully saturated rings. The van der Waals surface area contributed by atoms with Gasteiger partial charge in [0.2, 0.25) is 5.91 Å². The van der Waals surface area contributed by atoms with Crippen molar-refractivity contribution in [2.24, 2.45) is 5.92 Å². The Bertz CT molecular complexity index is 798. The Morgan fingerprint density at radius 3 is 2.07 bits per heavy atom. The van der Waals surface area contributed by atoms with Gasteiger partial charge in [0, 0.05) is 31.7 Å². The zero-order valence-corrected chi connectivity index (χ0v) is 16.3. The van der Waals surface area contributed by atoms with E-state index in [-0.39, 0.29) is 17.7 Å². The van der Waals surface area contributed by atoms with E-state index in [4.69, 9.17) is 0 Å². The van der Waals surface area contributed by atoms with Crippen molar-refractivity contribution in [2.45, 2.75) is 31.6 Å². The molecule has 2 aliphatic rings. The molecule has 2 amide bonds. The lowest BCUT2D eigenvalue weighted by Crippen LogP contribution is -2.48. The second kappa shape index (κ2) is 8.59. The second-order valence-electron chi connectivity index (χ2n) is 7.97. The smallest absolute Gasteiger partial charge is 0.253 e. The van der Waals surface area contributed by atoms with Crippen molar-refractivity contribution in [2.75, 3.05) is 26.2 Å². The fraction of sp³-hybridized carbons (Fsp3) is 0.417. The molecule has 1 atom stereocenters. The molecule has 0 radical (unpaired) electrons. The van der Waals surface area contributed by atoms with Gasteiger partial charge in [0.1, 0.15) is 0 Å². The van der Waals surface area contributed by atoms with Crippen LogP contribution in [0.4, 0.5) is 0 Å². The van der Waals surface area contributed by atoms with Gasteiger partial charge < -0.3 is 9.80 Å². The van der Waals surface area contributed by atoms with Crippen LogP contribution < -0.4 is 0 Å². The Hall–Kier alpha value is -2.62. The summed E-state index contributed by atoms with van der Waals surface area (Å²) >= 11 is 0. The van der Waals surface area contributed by atoms with Crippen LogP contribution in [0.3, 0.4) is 0 Å². The van der Waals surface area contributed by atoms with Crippen molar-refractivity contribution in [1.82, 2.24) is 9.80 Å². The van der Waals surface area contributed by atoms with E-state index in [9.17, 15) is 9.59 Å². The van der Waals surface area contributed by atoms with Gasteiger partial charge in [0.15, 0.2) is 0 Å². The van der Waals surface area contributed by atoms with Crippen molar-refractivity contribution in [1.29, 1.82) is 0 Å². The highest BCUT2D eigenvalue weighted by Crippen LogP contribution is 2.29. The third-order valence-corrected chi connectivity index (χ3v) is 6.16. The van der Waals surface area contributed by atoms with Crippen LogP contribution in [0, 0.1) is 5.92 Å². The number of nitrogens with zero attached hydrogens (tertiary/aromatic N) is 2. The number of rotatable bonds is 3. The molecule has 4 heteroatoms. The Balaban J connectivity index is 1.34. The van der Waals surface area contributed by atoms with Gasteiger partial charge in [-0.25, -0.2) is 0 Å². The first kappa shape index (κ1) is 18.7. The third kappa shape index (κ3) is 4.11. The minimum atomic E-state index is -0.0605. The normalized spacial score (nSPS) is 20.8. The number of carbonyl (C=O) groups excluding carboxylic acids is 2. The highest BCUT2D eigenvalue weighted by molar-refractivity contribution is 5.94. The minimum absolute atomic E-state index is 0.0425. The fourth-order valence-electron chi connectivity index (χ4n) is 4.54. The summed E-state index contributed by atoms with van der Waals surface area (Å²) in [7, 11) is 0. The molecule has 4 rings (SSSR count). The van der Waals surface area contributed by atoms with E-state index in [0.717, 1.165) is 45.3 Å². The van der Waals surface area contributed by atoms with Crippen molar-refractivity contribution in [3.63, 3.8) is 0 Å². The highest BCUT2D eigenvalue weighted by atomic mass is 16.2. The molecule has 0 bridgehead atoms. The molecular weight excluding hydrogens is 348 g/mol. The van der Waals surface area contributed by atoms with E-state index in [2.05, 4.69) is 24.3 Å². The second-order valence-corrected chi connectivity index (χ2v) is 7.97. The molecule has 146 valence electrons. The average molecular weight is 377 g/mol. The number of hydrogen-bond acceptors (Lipinski definition) is 2. The number of carbonyl (C=O) groups is 2. The van der Waals surface area contributed by atoms with Gasteiger partial charge in [0.25, 0.3) is 5.91 Å². The van der Waals surface area contributed by atoms with Gasteiger partial charge in [-0.1, -0.05) is 48.5 Å². The van der Waals surface area contributed by atoms with Crippen molar-refractivity contribution in [3.05, 3.63) is 71.8 Å². The zero-order valence-electron chi connectivity index (χ0n) is 16.3. The van der Waals surface area contributed by atoms with Crippen LogP contribution in [0.1, 0.15) is 47.5 Å². The Morgan fingerprint density at radius 2 is 1.39 bits per heavy atom. The van der Waals surface area contributed by atoms with E-state index in [1.165, 1.54) is 5.56 Å². The topological polar surface area (TPSA) is 40.6 Å². The van der Waals surface area contributed by atoms with Gasteiger partial charge in [0.05, 0.1) is 5.92 Å². The minimum Gasteiger partial charge on any atom is -0.342 e. The maximum Gasteiger partial charge on any atom is 0.253 e. The molecule has 2 saturated heterocycles. The molecule has 4 nitrogen and oxygen atoms in total. The lowest BCUT2D eigenvalue weighted by atomic mass is 9.88.